The highest BCUT2D eigenvalue weighted by atomic mass is 16.5. The Bertz CT molecular complexity index is 401. The Kier molecular flexibility index (Phi) is 5.36. The van der Waals surface area contributed by atoms with E-state index < -0.39 is 0 Å². The number of ether oxygens (including phenoxy) is 1. The zero-order chi connectivity index (χ0) is 12.7. The number of ketones is 1. The van der Waals surface area contributed by atoms with E-state index in [2.05, 4.69) is 0 Å². The van der Waals surface area contributed by atoms with Crippen LogP contribution in [0.4, 0.5) is 0 Å². The van der Waals surface area contributed by atoms with E-state index in [0.29, 0.717) is 0 Å². The molecular formula is C13H17NO3. The number of hydrogen-bond acceptors (Lipinski definition) is 4. The molecular weight excluding hydrogens is 218 g/mol. The lowest BCUT2D eigenvalue weighted by atomic mass is 10.1. The maximum Gasteiger partial charge on any atom is 0.306 e. The molecule has 92 valence electrons. The highest BCUT2D eigenvalue weighted by Gasteiger charge is 2.07. The molecule has 0 saturated carbocycles. The largest absolute Gasteiger partial charge is 0.461 e. The van der Waals surface area contributed by atoms with Crippen LogP contribution in [0.25, 0.3) is 0 Å². The van der Waals surface area contributed by atoms with Gasteiger partial charge in [0.25, 0.3) is 0 Å². The van der Waals surface area contributed by atoms with Gasteiger partial charge in [-0.25, -0.2) is 0 Å². The zero-order valence-corrected chi connectivity index (χ0v) is 9.94. The van der Waals surface area contributed by atoms with E-state index in [0.717, 1.165) is 11.1 Å². The van der Waals surface area contributed by atoms with Gasteiger partial charge in [0, 0.05) is 6.42 Å². The number of hydrogen-bond donors (Lipinski definition) is 1. The SMILES string of the molecule is Cc1ccccc1COC(=O)CCC(=O)CN. The van der Waals surface area contributed by atoms with Crippen molar-refractivity contribution in [3.63, 3.8) is 0 Å². The third-order valence-electron chi connectivity index (χ3n) is 2.49. The summed E-state index contributed by atoms with van der Waals surface area (Å²) in [5, 5.41) is 0. The van der Waals surface area contributed by atoms with Gasteiger partial charge in [0.15, 0.2) is 0 Å². The van der Waals surface area contributed by atoms with Gasteiger partial charge < -0.3 is 10.5 Å². The molecule has 0 atom stereocenters. The molecule has 0 unspecified atom stereocenters. The Balaban J connectivity index is 2.34. The molecule has 1 aromatic carbocycles. The van der Waals surface area contributed by atoms with Crippen molar-refractivity contribution < 1.29 is 14.3 Å². The topological polar surface area (TPSA) is 69.4 Å². The van der Waals surface area contributed by atoms with Crippen LogP contribution < -0.4 is 5.73 Å². The van der Waals surface area contributed by atoms with E-state index in [4.69, 9.17) is 10.5 Å². The van der Waals surface area contributed by atoms with Crippen LogP contribution >= 0.6 is 0 Å². The summed E-state index contributed by atoms with van der Waals surface area (Å²) in [7, 11) is 0. The van der Waals surface area contributed by atoms with Crippen LogP contribution in [0.2, 0.25) is 0 Å². The Morgan fingerprint density at radius 2 is 1.94 bits per heavy atom. The minimum atomic E-state index is -0.366. The van der Waals surface area contributed by atoms with Crippen LogP contribution in [-0.4, -0.2) is 18.3 Å². The molecule has 0 spiro atoms. The number of carbonyl (C=O) groups is 2. The van der Waals surface area contributed by atoms with Gasteiger partial charge >= 0.3 is 5.97 Å². The summed E-state index contributed by atoms with van der Waals surface area (Å²) in [5.41, 5.74) is 7.20. The molecule has 0 aliphatic rings. The molecule has 1 rings (SSSR count). The first-order chi connectivity index (χ1) is 8.13. The summed E-state index contributed by atoms with van der Waals surface area (Å²) >= 11 is 0. The van der Waals surface area contributed by atoms with Gasteiger partial charge in [-0.05, 0) is 18.1 Å². The normalized spacial score (nSPS) is 10.0. The molecule has 0 aliphatic carbocycles. The number of rotatable bonds is 6. The standard InChI is InChI=1S/C13H17NO3/c1-10-4-2-3-5-11(10)9-17-13(16)7-6-12(15)8-14/h2-5H,6-9,14H2,1H3. The van der Waals surface area contributed by atoms with Gasteiger partial charge in [0.05, 0.1) is 13.0 Å². The quantitative estimate of drug-likeness (QED) is 0.755. The monoisotopic (exact) mass is 235 g/mol. The van der Waals surface area contributed by atoms with Gasteiger partial charge in [0.2, 0.25) is 0 Å². The van der Waals surface area contributed by atoms with Crippen molar-refractivity contribution >= 4 is 11.8 Å². The van der Waals surface area contributed by atoms with Gasteiger partial charge in [-0.2, -0.15) is 0 Å². The van der Waals surface area contributed by atoms with Crippen LogP contribution in [-0.2, 0) is 20.9 Å². The van der Waals surface area contributed by atoms with Crippen molar-refractivity contribution in [2.75, 3.05) is 6.54 Å². The molecule has 2 N–H and O–H groups in total. The van der Waals surface area contributed by atoms with Crippen molar-refractivity contribution in [3.8, 4) is 0 Å². The Hall–Kier alpha value is -1.68. The molecule has 0 amide bonds. The van der Waals surface area contributed by atoms with E-state index in [1.54, 1.807) is 0 Å². The summed E-state index contributed by atoms with van der Waals surface area (Å²) in [6, 6.07) is 7.70. The third kappa shape index (κ3) is 4.78. The molecule has 0 saturated heterocycles. The highest BCUT2D eigenvalue weighted by molar-refractivity contribution is 5.84. The predicted molar refractivity (Wildman–Crippen MR) is 64.3 cm³/mol. The fraction of sp³-hybridized carbons (Fsp3) is 0.385. The van der Waals surface area contributed by atoms with Gasteiger partial charge in [-0.1, -0.05) is 24.3 Å². The summed E-state index contributed by atoms with van der Waals surface area (Å²) in [6.45, 7) is 2.19. The third-order valence-corrected chi connectivity index (χ3v) is 2.49. The minimum Gasteiger partial charge on any atom is -0.461 e. The number of esters is 1. The van der Waals surface area contributed by atoms with Crippen LogP contribution in [0.1, 0.15) is 24.0 Å². The lowest BCUT2D eigenvalue weighted by molar-refractivity contribution is -0.146. The van der Waals surface area contributed by atoms with Crippen molar-refractivity contribution in [3.05, 3.63) is 35.4 Å². The molecule has 4 heteroatoms. The summed E-state index contributed by atoms with van der Waals surface area (Å²) < 4.78 is 5.07. The van der Waals surface area contributed by atoms with Crippen molar-refractivity contribution in [2.45, 2.75) is 26.4 Å². The van der Waals surface area contributed by atoms with E-state index in [1.165, 1.54) is 0 Å². The average Bonchev–Trinajstić information content (AvgIpc) is 2.35. The molecule has 0 radical (unpaired) electrons. The van der Waals surface area contributed by atoms with Gasteiger partial charge in [-0.15, -0.1) is 0 Å². The van der Waals surface area contributed by atoms with Crippen LogP contribution in [0.3, 0.4) is 0 Å². The minimum absolute atomic E-state index is 0.0227. The van der Waals surface area contributed by atoms with E-state index in [-0.39, 0.29) is 37.7 Å². The second kappa shape index (κ2) is 6.81. The maximum absolute atomic E-state index is 11.3. The lowest BCUT2D eigenvalue weighted by Gasteiger charge is -2.06. The first-order valence-corrected chi connectivity index (χ1v) is 5.55. The molecule has 4 nitrogen and oxygen atoms in total. The molecule has 0 aromatic heterocycles. The summed E-state index contributed by atoms with van der Waals surface area (Å²) in [5.74, 6) is -0.493. The molecule has 0 heterocycles. The second-order valence-corrected chi connectivity index (χ2v) is 3.83. The fourth-order valence-electron chi connectivity index (χ4n) is 1.35. The number of nitrogens with two attached hydrogens (primary N) is 1. The Labute approximate surface area is 101 Å². The zero-order valence-electron chi connectivity index (χ0n) is 9.94. The van der Waals surface area contributed by atoms with Gasteiger partial charge in [-0.3, -0.25) is 9.59 Å². The molecule has 17 heavy (non-hydrogen) atoms. The van der Waals surface area contributed by atoms with Crippen molar-refractivity contribution in [1.29, 1.82) is 0 Å². The maximum atomic E-state index is 11.3. The van der Waals surface area contributed by atoms with E-state index >= 15 is 0 Å². The van der Waals surface area contributed by atoms with Gasteiger partial charge in [0.1, 0.15) is 12.4 Å². The van der Waals surface area contributed by atoms with E-state index in [9.17, 15) is 9.59 Å². The Morgan fingerprint density at radius 3 is 2.59 bits per heavy atom. The number of aryl methyl sites for hydroxylation is 1. The lowest BCUT2D eigenvalue weighted by Crippen LogP contribution is -2.15. The average molecular weight is 235 g/mol. The van der Waals surface area contributed by atoms with Crippen LogP contribution in [0.5, 0.6) is 0 Å². The first-order valence-electron chi connectivity index (χ1n) is 5.55. The number of Topliss-reactive ketones (excluding diaryl/α,β-unsaturated/α-hetero) is 1. The predicted octanol–water partition coefficient (Wildman–Crippen LogP) is 1.35. The van der Waals surface area contributed by atoms with E-state index in [1.807, 2.05) is 31.2 Å². The summed E-state index contributed by atoms with van der Waals surface area (Å²) in [6.07, 6.45) is 0.255. The molecule has 0 aliphatic heterocycles. The summed E-state index contributed by atoms with van der Waals surface area (Å²) in [4.78, 5) is 22.2. The smallest absolute Gasteiger partial charge is 0.306 e. The van der Waals surface area contributed by atoms with Crippen LogP contribution in [0.15, 0.2) is 24.3 Å². The number of carbonyl (C=O) groups excluding carboxylic acids is 2. The highest BCUT2D eigenvalue weighted by Crippen LogP contribution is 2.09. The van der Waals surface area contributed by atoms with Crippen LogP contribution in [0, 0.1) is 6.92 Å². The molecule has 1 aromatic rings. The number of benzene rings is 1. The fourth-order valence-corrected chi connectivity index (χ4v) is 1.35. The molecule has 0 bridgehead atoms. The van der Waals surface area contributed by atoms with Crippen molar-refractivity contribution in [1.82, 2.24) is 0 Å². The molecule has 0 fully saturated rings. The first kappa shape index (κ1) is 13.4. The second-order valence-electron chi connectivity index (χ2n) is 3.83. The van der Waals surface area contributed by atoms with Crippen molar-refractivity contribution in [2.24, 2.45) is 5.73 Å². The Morgan fingerprint density at radius 1 is 1.24 bits per heavy atom.